The van der Waals surface area contributed by atoms with Crippen molar-refractivity contribution in [2.75, 3.05) is 18.4 Å². The lowest BCUT2D eigenvalue weighted by Crippen LogP contribution is -2.32. The summed E-state index contributed by atoms with van der Waals surface area (Å²) in [6.07, 6.45) is 0.835. The SMILES string of the molecule is CC(C(=O)NCCCNc1ccccc1)n1c(-c2cccs2)n[nH]c1=S. The van der Waals surface area contributed by atoms with Crippen LogP contribution in [0.2, 0.25) is 0 Å². The molecule has 0 saturated heterocycles. The van der Waals surface area contributed by atoms with E-state index in [4.69, 9.17) is 12.2 Å². The molecule has 0 spiro atoms. The molecule has 0 saturated carbocycles. The van der Waals surface area contributed by atoms with Crippen LogP contribution in [0.3, 0.4) is 0 Å². The first-order chi connectivity index (χ1) is 12.7. The van der Waals surface area contributed by atoms with Crippen molar-refractivity contribution in [3.63, 3.8) is 0 Å². The summed E-state index contributed by atoms with van der Waals surface area (Å²) in [7, 11) is 0. The molecule has 3 aromatic rings. The zero-order valence-electron chi connectivity index (χ0n) is 14.4. The number of carbonyl (C=O) groups excluding carboxylic acids is 1. The second-order valence-corrected chi connectivity index (χ2v) is 7.15. The number of hydrogen-bond donors (Lipinski definition) is 3. The van der Waals surface area contributed by atoms with Crippen LogP contribution in [-0.4, -0.2) is 33.8 Å². The summed E-state index contributed by atoms with van der Waals surface area (Å²) in [5, 5.41) is 15.3. The molecule has 1 aromatic carbocycles. The van der Waals surface area contributed by atoms with E-state index < -0.39 is 6.04 Å². The minimum absolute atomic E-state index is 0.0694. The van der Waals surface area contributed by atoms with Crippen molar-refractivity contribution in [1.29, 1.82) is 0 Å². The quantitative estimate of drug-likeness (QED) is 0.405. The Bertz CT molecular complexity index is 886. The van der Waals surface area contributed by atoms with Crippen LogP contribution in [0.1, 0.15) is 19.4 Å². The molecule has 3 N–H and O–H groups in total. The number of aromatic amines is 1. The van der Waals surface area contributed by atoms with Gasteiger partial charge in [-0.3, -0.25) is 14.5 Å². The molecule has 0 radical (unpaired) electrons. The summed E-state index contributed by atoms with van der Waals surface area (Å²) < 4.78 is 2.21. The molecule has 0 aliphatic rings. The smallest absolute Gasteiger partial charge is 0.242 e. The minimum Gasteiger partial charge on any atom is -0.385 e. The number of benzene rings is 1. The predicted molar refractivity (Wildman–Crippen MR) is 108 cm³/mol. The number of hydrogen-bond acceptors (Lipinski definition) is 5. The van der Waals surface area contributed by atoms with Crippen molar-refractivity contribution in [3.05, 3.63) is 52.6 Å². The Labute approximate surface area is 161 Å². The van der Waals surface area contributed by atoms with Gasteiger partial charge in [0.15, 0.2) is 10.6 Å². The average Bonchev–Trinajstić information content (AvgIpc) is 3.31. The van der Waals surface area contributed by atoms with E-state index >= 15 is 0 Å². The van der Waals surface area contributed by atoms with Crippen molar-refractivity contribution < 1.29 is 4.79 Å². The van der Waals surface area contributed by atoms with Crippen LogP contribution in [0.4, 0.5) is 5.69 Å². The molecule has 136 valence electrons. The molecule has 1 amide bonds. The van der Waals surface area contributed by atoms with Gasteiger partial charge >= 0.3 is 0 Å². The first kappa shape index (κ1) is 18.3. The highest BCUT2D eigenvalue weighted by atomic mass is 32.1. The third kappa shape index (κ3) is 4.39. The molecule has 0 aliphatic heterocycles. The molecule has 1 unspecified atom stereocenters. The van der Waals surface area contributed by atoms with E-state index in [1.54, 1.807) is 15.9 Å². The maximum Gasteiger partial charge on any atom is 0.242 e. The molecule has 6 nitrogen and oxygen atoms in total. The third-order valence-corrected chi connectivity index (χ3v) is 5.12. The molecular formula is C18H21N5OS2. The number of H-pyrrole nitrogens is 1. The van der Waals surface area contributed by atoms with Gasteiger partial charge < -0.3 is 10.6 Å². The Kier molecular flexibility index (Phi) is 6.19. The van der Waals surface area contributed by atoms with Crippen molar-refractivity contribution >= 4 is 35.1 Å². The Morgan fingerprint density at radius 1 is 1.27 bits per heavy atom. The maximum atomic E-state index is 12.5. The second-order valence-electron chi connectivity index (χ2n) is 5.81. The Balaban J connectivity index is 1.52. The molecule has 0 bridgehead atoms. The molecule has 1 atom stereocenters. The van der Waals surface area contributed by atoms with Crippen LogP contribution in [0, 0.1) is 4.77 Å². The Hall–Kier alpha value is -2.45. The van der Waals surface area contributed by atoms with Gasteiger partial charge in [0.05, 0.1) is 4.88 Å². The molecule has 3 rings (SSSR count). The van der Waals surface area contributed by atoms with Crippen molar-refractivity contribution in [2.45, 2.75) is 19.4 Å². The summed E-state index contributed by atoms with van der Waals surface area (Å²) >= 11 is 6.88. The summed E-state index contributed by atoms with van der Waals surface area (Å²) in [6.45, 7) is 3.23. The zero-order chi connectivity index (χ0) is 18.4. The number of anilines is 1. The van der Waals surface area contributed by atoms with Gasteiger partial charge in [-0.05, 0) is 49.1 Å². The van der Waals surface area contributed by atoms with Crippen LogP contribution in [0.25, 0.3) is 10.7 Å². The van der Waals surface area contributed by atoms with Crippen molar-refractivity contribution in [1.82, 2.24) is 20.1 Å². The van der Waals surface area contributed by atoms with E-state index in [1.165, 1.54) is 0 Å². The van der Waals surface area contributed by atoms with Crippen LogP contribution < -0.4 is 10.6 Å². The number of nitrogens with zero attached hydrogens (tertiary/aromatic N) is 2. The van der Waals surface area contributed by atoms with Gasteiger partial charge in [-0.15, -0.1) is 11.3 Å². The van der Waals surface area contributed by atoms with Gasteiger partial charge in [0, 0.05) is 18.8 Å². The predicted octanol–water partition coefficient (Wildman–Crippen LogP) is 3.85. The third-order valence-electron chi connectivity index (χ3n) is 3.97. The van der Waals surface area contributed by atoms with Gasteiger partial charge in [0.2, 0.25) is 5.91 Å². The highest BCUT2D eigenvalue weighted by molar-refractivity contribution is 7.71. The number of amides is 1. The van der Waals surface area contributed by atoms with Gasteiger partial charge in [-0.2, -0.15) is 5.10 Å². The standard InChI is InChI=1S/C18H21N5OS2/c1-13(23-16(21-22-18(23)25)15-9-5-12-26-15)17(24)20-11-6-10-19-14-7-3-2-4-8-14/h2-5,7-9,12-13,19H,6,10-11H2,1H3,(H,20,24)(H,22,25). The second kappa shape index (κ2) is 8.77. The molecule has 8 heteroatoms. The summed E-state index contributed by atoms with van der Waals surface area (Å²) in [4.78, 5) is 13.5. The fourth-order valence-electron chi connectivity index (χ4n) is 2.60. The Morgan fingerprint density at radius 2 is 2.08 bits per heavy atom. The number of para-hydroxylation sites is 1. The van der Waals surface area contributed by atoms with Gasteiger partial charge in [-0.1, -0.05) is 24.3 Å². The summed E-state index contributed by atoms with van der Waals surface area (Å²) in [6, 6.07) is 13.5. The Morgan fingerprint density at radius 3 is 2.81 bits per heavy atom. The number of nitrogens with one attached hydrogen (secondary N) is 3. The fraction of sp³-hybridized carbons (Fsp3) is 0.278. The monoisotopic (exact) mass is 387 g/mol. The molecule has 2 heterocycles. The maximum absolute atomic E-state index is 12.5. The number of aromatic nitrogens is 3. The van der Waals surface area contributed by atoms with Crippen LogP contribution in [0.5, 0.6) is 0 Å². The van der Waals surface area contributed by atoms with Crippen molar-refractivity contribution in [3.8, 4) is 10.7 Å². The van der Waals surface area contributed by atoms with E-state index in [0.29, 0.717) is 17.1 Å². The minimum atomic E-state index is -0.430. The highest BCUT2D eigenvalue weighted by Gasteiger charge is 2.20. The normalized spacial score (nSPS) is 11.9. The summed E-state index contributed by atoms with van der Waals surface area (Å²) in [5.41, 5.74) is 1.08. The molecule has 2 aromatic heterocycles. The highest BCUT2D eigenvalue weighted by Crippen LogP contribution is 2.25. The van der Waals surface area contributed by atoms with E-state index in [2.05, 4.69) is 20.8 Å². The molecule has 26 heavy (non-hydrogen) atoms. The van der Waals surface area contributed by atoms with E-state index in [-0.39, 0.29) is 5.91 Å². The largest absolute Gasteiger partial charge is 0.385 e. The van der Waals surface area contributed by atoms with Gasteiger partial charge in [0.25, 0.3) is 0 Å². The summed E-state index contributed by atoms with van der Waals surface area (Å²) in [5.74, 6) is 0.624. The number of thiophene rings is 1. The lowest BCUT2D eigenvalue weighted by Gasteiger charge is -2.15. The first-order valence-electron chi connectivity index (χ1n) is 8.44. The number of carbonyl (C=O) groups is 1. The van der Waals surface area contributed by atoms with E-state index in [1.807, 2.05) is 54.8 Å². The van der Waals surface area contributed by atoms with Crippen LogP contribution >= 0.6 is 23.6 Å². The molecule has 0 fully saturated rings. The van der Waals surface area contributed by atoms with Crippen molar-refractivity contribution in [2.24, 2.45) is 0 Å². The van der Waals surface area contributed by atoms with E-state index in [0.717, 1.165) is 23.5 Å². The van der Waals surface area contributed by atoms with Gasteiger partial charge in [-0.25, -0.2) is 0 Å². The topological polar surface area (TPSA) is 74.7 Å². The van der Waals surface area contributed by atoms with Crippen LogP contribution in [0.15, 0.2) is 47.8 Å². The molecule has 0 aliphatic carbocycles. The molecular weight excluding hydrogens is 366 g/mol. The zero-order valence-corrected chi connectivity index (χ0v) is 16.1. The lowest BCUT2D eigenvalue weighted by molar-refractivity contribution is -0.123. The van der Waals surface area contributed by atoms with Gasteiger partial charge in [0.1, 0.15) is 6.04 Å². The fourth-order valence-corrected chi connectivity index (χ4v) is 3.60. The first-order valence-corrected chi connectivity index (χ1v) is 9.73. The van der Waals surface area contributed by atoms with E-state index in [9.17, 15) is 4.79 Å². The number of rotatable bonds is 8. The average molecular weight is 388 g/mol. The lowest BCUT2D eigenvalue weighted by atomic mass is 10.2. The van der Waals surface area contributed by atoms with Crippen LogP contribution in [-0.2, 0) is 4.79 Å².